The van der Waals surface area contributed by atoms with Crippen LogP contribution in [0.25, 0.3) is 0 Å². The molecule has 0 aliphatic heterocycles. The Balaban J connectivity index is -0.000000320. The first kappa shape index (κ1) is 18.0. The van der Waals surface area contributed by atoms with Crippen LogP contribution in [0.15, 0.2) is 0 Å². The van der Waals surface area contributed by atoms with E-state index in [0.717, 1.165) is 5.92 Å². The predicted molar refractivity (Wildman–Crippen MR) is 43.9 cm³/mol. The van der Waals surface area contributed by atoms with Crippen LogP contribution in [0.5, 0.6) is 0 Å². The average molecular weight is 211 g/mol. The van der Waals surface area contributed by atoms with Gasteiger partial charge in [-0.25, -0.2) is 0 Å². The van der Waals surface area contributed by atoms with Gasteiger partial charge in [-0.3, -0.25) is 0 Å². The minimum atomic E-state index is 0. The molecule has 0 nitrogen and oxygen atoms in total. The van der Waals surface area contributed by atoms with Crippen molar-refractivity contribution in [3.8, 4) is 0 Å². The summed E-state index contributed by atoms with van der Waals surface area (Å²) in [5, 5.41) is 1.29. The zero-order valence-electron chi connectivity index (χ0n) is 7.45. The molecule has 0 bridgehead atoms. The van der Waals surface area contributed by atoms with Crippen LogP contribution in [0.1, 0.15) is 39.5 Å². The van der Waals surface area contributed by atoms with Crippen LogP contribution >= 0.6 is 0 Å². The number of halogens is 2. The summed E-state index contributed by atoms with van der Waals surface area (Å²) in [6, 6.07) is 0. The Morgan fingerprint density at radius 3 is 2.00 bits per heavy atom. The molecule has 0 saturated heterocycles. The molecule has 66 valence electrons. The standard InChI is InChI=1S/C8H17.Al.2ClH/c1-4-6-7-8(3)5-2;;;/h8H,3-7H2,1-2H3;;2*1H/q;+2;;/p-2. The Kier molecular flexibility index (Phi) is 22.4. The van der Waals surface area contributed by atoms with Gasteiger partial charge in [0, 0.05) is 0 Å². The monoisotopic (exact) mass is 210 g/mol. The van der Waals surface area contributed by atoms with Crippen LogP contribution in [0.3, 0.4) is 0 Å². The van der Waals surface area contributed by atoms with E-state index < -0.39 is 0 Å². The zero-order chi connectivity index (χ0) is 7.11. The van der Waals surface area contributed by atoms with Gasteiger partial charge in [0.05, 0.1) is 0 Å². The topological polar surface area (TPSA) is 0 Å². The molecule has 0 saturated carbocycles. The van der Waals surface area contributed by atoms with Crippen molar-refractivity contribution >= 4 is 16.3 Å². The molecule has 0 aromatic carbocycles. The third-order valence-electron chi connectivity index (χ3n) is 1.88. The third-order valence-corrected chi connectivity index (χ3v) is 2.54. The van der Waals surface area contributed by atoms with E-state index in [2.05, 4.69) is 30.1 Å². The Labute approximate surface area is 91.8 Å². The maximum atomic E-state index is 2.83. The molecule has 0 fully saturated rings. The molecule has 0 aromatic rings. The molecule has 0 radical (unpaired) electrons. The van der Waals surface area contributed by atoms with Gasteiger partial charge in [0.15, 0.2) is 0 Å². The van der Waals surface area contributed by atoms with Crippen molar-refractivity contribution in [2.45, 2.75) is 44.8 Å². The van der Waals surface area contributed by atoms with E-state index in [0.29, 0.717) is 0 Å². The summed E-state index contributed by atoms with van der Waals surface area (Å²) in [4.78, 5) is 0. The summed E-state index contributed by atoms with van der Waals surface area (Å²) in [6.07, 6.45) is 5.54. The number of rotatable bonds is 5. The summed E-state index contributed by atoms with van der Waals surface area (Å²) in [5.74, 6) is 0.968. The molecule has 1 atom stereocenters. The molecule has 0 amide bonds. The second-order valence-electron chi connectivity index (χ2n) is 2.65. The Bertz CT molecular complexity index is 56.1. The van der Waals surface area contributed by atoms with E-state index in [-0.39, 0.29) is 24.8 Å². The Morgan fingerprint density at radius 1 is 1.18 bits per heavy atom. The molecular formula is C8H17AlCl2. The quantitative estimate of drug-likeness (QED) is 0.420. The smallest absolute Gasteiger partial charge is 1.00 e. The van der Waals surface area contributed by atoms with Gasteiger partial charge < -0.3 is 24.8 Å². The Morgan fingerprint density at radius 2 is 1.73 bits per heavy atom. The van der Waals surface area contributed by atoms with Gasteiger partial charge in [-0.05, 0) is 0 Å². The van der Waals surface area contributed by atoms with Gasteiger partial charge in [0.1, 0.15) is 0 Å². The van der Waals surface area contributed by atoms with Gasteiger partial charge in [-0.2, -0.15) is 0 Å². The second-order valence-corrected chi connectivity index (χ2v) is 3.12. The number of unbranched alkanes of at least 4 members (excludes halogenated alkanes) is 1. The van der Waals surface area contributed by atoms with E-state index in [1.807, 2.05) is 0 Å². The van der Waals surface area contributed by atoms with Gasteiger partial charge in [-0.1, -0.05) is 0 Å². The fourth-order valence-corrected chi connectivity index (χ4v) is 1.55. The van der Waals surface area contributed by atoms with Crippen LogP contribution in [-0.4, -0.2) is 16.3 Å². The van der Waals surface area contributed by atoms with Crippen LogP contribution in [0, 0.1) is 5.92 Å². The van der Waals surface area contributed by atoms with Crippen molar-refractivity contribution in [3.63, 3.8) is 0 Å². The zero-order valence-corrected chi connectivity index (χ0v) is 10.1. The van der Waals surface area contributed by atoms with E-state index >= 15 is 0 Å². The van der Waals surface area contributed by atoms with Crippen LogP contribution < -0.4 is 24.8 Å². The maximum Gasteiger partial charge on any atom is -1.00 e. The third kappa shape index (κ3) is 11.1. The van der Waals surface area contributed by atoms with E-state index in [1.54, 1.807) is 0 Å². The molecule has 0 N–H and O–H groups in total. The van der Waals surface area contributed by atoms with Crippen molar-refractivity contribution in [2.75, 3.05) is 0 Å². The van der Waals surface area contributed by atoms with Crippen molar-refractivity contribution in [3.05, 3.63) is 0 Å². The molecule has 0 spiro atoms. The minimum absolute atomic E-state index is 0. The van der Waals surface area contributed by atoms with E-state index in [4.69, 9.17) is 0 Å². The summed E-state index contributed by atoms with van der Waals surface area (Å²) in [5.41, 5.74) is 0. The molecule has 0 aliphatic carbocycles. The van der Waals surface area contributed by atoms with Crippen molar-refractivity contribution in [2.24, 2.45) is 5.92 Å². The molecule has 1 unspecified atom stereocenters. The molecular weight excluding hydrogens is 194 g/mol. The number of hydrogen-bond donors (Lipinski definition) is 0. The minimum Gasteiger partial charge on any atom is -1.00 e. The van der Waals surface area contributed by atoms with E-state index in [9.17, 15) is 0 Å². The second kappa shape index (κ2) is 13.7. The maximum absolute atomic E-state index is 2.83. The van der Waals surface area contributed by atoms with Gasteiger partial charge >= 0.3 is 67.0 Å². The largest absolute Gasteiger partial charge is 1.00 e. The molecule has 0 heterocycles. The molecule has 11 heavy (non-hydrogen) atoms. The van der Waals surface area contributed by atoms with Crippen LogP contribution in [-0.2, 0) is 0 Å². The fourth-order valence-electron chi connectivity index (χ4n) is 0.981. The Hall–Kier alpha value is 1.11. The number of hydrogen-bond acceptors (Lipinski definition) is 0. The fraction of sp³-hybridized carbons (Fsp3) is 1.00. The predicted octanol–water partition coefficient (Wildman–Crippen LogP) is -3.20. The summed E-state index contributed by atoms with van der Waals surface area (Å²) in [6.45, 7) is 4.54. The summed E-state index contributed by atoms with van der Waals surface area (Å²) in [7, 11) is 0. The molecule has 0 aromatic heterocycles. The summed E-state index contributed by atoms with van der Waals surface area (Å²) < 4.78 is 0. The van der Waals surface area contributed by atoms with Crippen LogP contribution in [0.2, 0.25) is 5.28 Å². The molecule has 0 rings (SSSR count). The first-order valence-electron chi connectivity index (χ1n) is 4.05. The SMILES string of the molecule is CCCCC(CC)[CH2][Al+2].[Cl-].[Cl-]. The first-order valence-corrected chi connectivity index (χ1v) is 4.86. The normalized spacial score (nSPS) is 11.3. The van der Waals surface area contributed by atoms with Gasteiger partial charge in [0.2, 0.25) is 0 Å². The average Bonchev–Trinajstić information content (AvgIpc) is 1.91. The van der Waals surface area contributed by atoms with Crippen LogP contribution in [0.4, 0.5) is 0 Å². The molecule has 0 aliphatic rings. The first-order chi connectivity index (χ1) is 4.35. The molecule has 3 heteroatoms. The van der Waals surface area contributed by atoms with Gasteiger partial charge in [-0.15, -0.1) is 0 Å². The summed E-state index contributed by atoms with van der Waals surface area (Å²) >= 11 is 2.83. The van der Waals surface area contributed by atoms with Crippen molar-refractivity contribution in [1.82, 2.24) is 0 Å². The van der Waals surface area contributed by atoms with Crippen molar-refractivity contribution < 1.29 is 24.8 Å². The van der Waals surface area contributed by atoms with E-state index in [1.165, 1.54) is 31.0 Å². The van der Waals surface area contributed by atoms with Crippen molar-refractivity contribution in [1.29, 1.82) is 0 Å². The van der Waals surface area contributed by atoms with Gasteiger partial charge in [0.25, 0.3) is 0 Å².